The van der Waals surface area contributed by atoms with Crippen LogP contribution in [0.25, 0.3) is 10.9 Å². The Morgan fingerprint density at radius 3 is 2.81 bits per heavy atom. The van der Waals surface area contributed by atoms with Gasteiger partial charge in [0.2, 0.25) is 0 Å². The molecule has 0 atom stereocenters. The van der Waals surface area contributed by atoms with Crippen molar-refractivity contribution >= 4 is 10.9 Å². The molecule has 0 aliphatic heterocycles. The maximum Gasteiger partial charge on any atom is 0.254 e. The van der Waals surface area contributed by atoms with Gasteiger partial charge in [0.1, 0.15) is 0 Å². The van der Waals surface area contributed by atoms with E-state index in [9.17, 15) is 4.79 Å². The summed E-state index contributed by atoms with van der Waals surface area (Å²) in [6, 6.07) is 8.01. The quantitative estimate of drug-likeness (QED) is 0.823. The number of fused-ring (bicyclic) bond motifs is 1. The van der Waals surface area contributed by atoms with E-state index in [0.717, 1.165) is 22.0 Å². The van der Waals surface area contributed by atoms with E-state index >= 15 is 0 Å². The standard InChI is InChI=1S/C13H16N2O/c1-9-4-3-5-10-8-11(6-7-14)13(16)15(2)12(9)10/h3-5,8H,6-7,14H2,1-2H3. The molecular formula is C13H16N2O. The average molecular weight is 216 g/mol. The van der Waals surface area contributed by atoms with E-state index < -0.39 is 0 Å². The Labute approximate surface area is 94.5 Å². The molecule has 2 rings (SSSR count). The van der Waals surface area contributed by atoms with Gasteiger partial charge in [0, 0.05) is 12.6 Å². The lowest BCUT2D eigenvalue weighted by molar-refractivity contribution is 0.854. The summed E-state index contributed by atoms with van der Waals surface area (Å²) < 4.78 is 1.72. The van der Waals surface area contributed by atoms with Crippen LogP contribution in [0, 0.1) is 6.92 Å². The number of rotatable bonds is 2. The van der Waals surface area contributed by atoms with Crippen molar-refractivity contribution in [2.24, 2.45) is 12.8 Å². The second kappa shape index (κ2) is 4.10. The summed E-state index contributed by atoms with van der Waals surface area (Å²) >= 11 is 0. The van der Waals surface area contributed by atoms with E-state index in [-0.39, 0.29) is 5.56 Å². The van der Waals surface area contributed by atoms with Crippen molar-refractivity contribution in [2.45, 2.75) is 13.3 Å². The molecule has 2 aromatic rings. The highest BCUT2D eigenvalue weighted by molar-refractivity contribution is 5.82. The molecule has 0 radical (unpaired) electrons. The summed E-state index contributed by atoms with van der Waals surface area (Å²) in [5.74, 6) is 0. The Morgan fingerprint density at radius 2 is 2.12 bits per heavy atom. The van der Waals surface area contributed by atoms with Crippen LogP contribution in [0.3, 0.4) is 0 Å². The predicted molar refractivity (Wildman–Crippen MR) is 66.7 cm³/mol. The van der Waals surface area contributed by atoms with Crippen LogP contribution >= 0.6 is 0 Å². The zero-order valence-electron chi connectivity index (χ0n) is 9.66. The monoisotopic (exact) mass is 216 g/mol. The summed E-state index contributed by atoms with van der Waals surface area (Å²) in [5, 5.41) is 1.10. The molecule has 0 unspecified atom stereocenters. The van der Waals surface area contributed by atoms with Crippen LogP contribution in [-0.2, 0) is 13.5 Å². The summed E-state index contributed by atoms with van der Waals surface area (Å²) in [6.45, 7) is 2.52. The van der Waals surface area contributed by atoms with Gasteiger partial charge in [-0.2, -0.15) is 0 Å². The molecule has 16 heavy (non-hydrogen) atoms. The Kier molecular flexibility index (Phi) is 2.79. The molecule has 0 saturated heterocycles. The van der Waals surface area contributed by atoms with Gasteiger partial charge in [-0.1, -0.05) is 18.2 Å². The van der Waals surface area contributed by atoms with Gasteiger partial charge in [0.15, 0.2) is 0 Å². The van der Waals surface area contributed by atoms with E-state index in [0.29, 0.717) is 13.0 Å². The SMILES string of the molecule is Cc1cccc2cc(CCN)c(=O)n(C)c12. The third kappa shape index (κ3) is 1.63. The van der Waals surface area contributed by atoms with Gasteiger partial charge in [0.05, 0.1) is 5.52 Å². The van der Waals surface area contributed by atoms with Crippen molar-refractivity contribution in [3.8, 4) is 0 Å². The predicted octanol–water partition coefficient (Wildman–Crippen LogP) is 1.35. The first kappa shape index (κ1) is 10.9. The minimum absolute atomic E-state index is 0.0623. The van der Waals surface area contributed by atoms with E-state index in [1.165, 1.54) is 0 Å². The Balaban J connectivity index is 2.83. The number of nitrogens with two attached hydrogens (primary N) is 1. The molecule has 3 heteroatoms. The van der Waals surface area contributed by atoms with Crippen molar-refractivity contribution < 1.29 is 0 Å². The molecular weight excluding hydrogens is 200 g/mol. The molecule has 84 valence electrons. The van der Waals surface area contributed by atoms with Crippen molar-refractivity contribution in [1.82, 2.24) is 4.57 Å². The van der Waals surface area contributed by atoms with Crippen LogP contribution in [0.2, 0.25) is 0 Å². The van der Waals surface area contributed by atoms with Crippen molar-refractivity contribution in [3.05, 3.63) is 45.7 Å². The van der Waals surface area contributed by atoms with Gasteiger partial charge in [0.25, 0.3) is 5.56 Å². The Morgan fingerprint density at radius 1 is 1.38 bits per heavy atom. The van der Waals surface area contributed by atoms with E-state index in [4.69, 9.17) is 5.73 Å². The highest BCUT2D eigenvalue weighted by atomic mass is 16.1. The number of para-hydroxylation sites is 1. The van der Waals surface area contributed by atoms with Gasteiger partial charge in [-0.15, -0.1) is 0 Å². The van der Waals surface area contributed by atoms with Gasteiger partial charge in [-0.3, -0.25) is 4.79 Å². The molecule has 1 aromatic carbocycles. The first-order chi connectivity index (χ1) is 7.65. The van der Waals surface area contributed by atoms with Crippen molar-refractivity contribution in [3.63, 3.8) is 0 Å². The first-order valence-corrected chi connectivity index (χ1v) is 5.43. The normalized spacial score (nSPS) is 10.9. The smallest absolute Gasteiger partial charge is 0.254 e. The minimum Gasteiger partial charge on any atom is -0.330 e. The Bertz CT molecular complexity index is 584. The van der Waals surface area contributed by atoms with Gasteiger partial charge < -0.3 is 10.3 Å². The lowest BCUT2D eigenvalue weighted by Gasteiger charge is -2.10. The van der Waals surface area contributed by atoms with Crippen LogP contribution in [0.1, 0.15) is 11.1 Å². The molecule has 0 amide bonds. The van der Waals surface area contributed by atoms with Crippen LogP contribution in [0.5, 0.6) is 0 Å². The van der Waals surface area contributed by atoms with Gasteiger partial charge in [-0.05, 0) is 36.9 Å². The van der Waals surface area contributed by atoms with Crippen LogP contribution < -0.4 is 11.3 Å². The molecule has 3 nitrogen and oxygen atoms in total. The molecule has 2 N–H and O–H groups in total. The first-order valence-electron chi connectivity index (χ1n) is 5.43. The summed E-state index contributed by atoms with van der Waals surface area (Å²) in [7, 11) is 1.82. The number of benzene rings is 1. The number of aryl methyl sites for hydroxylation is 2. The number of pyridine rings is 1. The van der Waals surface area contributed by atoms with Crippen LogP contribution in [0.15, 0.2) is 29.1 Å². The molecule has 0 spiro atoms. The van der Waals surface area contributed by atoms with Crippen molar-refractivity contribution in [1.29, 1.82) is 0 Å². The minimum atomic E-state index is 0.0623. The second-order valence-electron chi connectivity index (χ2n) is 4.09. The zero-order valence-corrected chi connectivity index (χ0v) is 9.66. The second-order valence-corrected chi connectivity index (χ2v) is 4.09. The lowest BCUT2D eigenvalue weighted by Crippen LogP contribution is -2.23. The molecule has 0 saturated carbocycles. The third-order valence-electron chi connectivity index (χ3n) is 2.93. The summed E-state index contributed by atoms with van der Waals surface area (Å²) in [4.78, 5) is 12.0. The maximum absolute atomic E-state index is 12.0. The van der Waals surface area contributed by atoms with E-state index in [2.05, 4.69) is 0 Å². The number of nitrogens with zero attached hydrogens (tertiary/aromatic N) is 1. The fraction of sp³-hybridized carbons (Fsp3) is 0.308. The van der Waals surface area contributed by atoms with Crippen LogP contribution in [-0.4, -0.2) is 11.1 Å². The van der Waals surface area contributed by atoms with Gasteiger partial charge in [-0.25, -0.2) is 0 Å². The molecule has 0 aliphatic carbocycles. The molecule has 1 heterocycles. The summed E-state index contributed by atoms with van der Waals surface area (Å²) in [6.07, 6.45) is 0.635. The van der Waals surface area contributed by atoms with Gasteiger partial charge >= 0.3 is 0 Å². The van der Waals surface area contributed by atoms with Crippen molar-refractivity contribution in [2.75, 3.05) is 6.54 Å². The number of hydrogen-bond acceptors (Lipinski definition) is 2. The largest absolute Gasteiger partial charge is 0.330 e. The topological polar surface area (TPSA) is 48.0 Å². The Hall–Kier alpha value is -1.61. The number of aromatic nitrogens is 1. The highest BCUT2D eigenvalue weighted by Crippen LogP contribution is 2.16. The molecule has 0 fully saturated rings. The number of hydrogen-bond donors (Lipinski definition) is 1. The highest BCUT2D eigenvalue weighted by Gasteiger charge is 2.07. The van der Waals surface area contributed by atoms with E-state index in [1.807, 2.05) is 38.2 Å². The molecule has 0 aliphatic rings. The average Bonchev–Trinajstić information content (AvgIpc) is 2.25. The fourth-order valence-corrected chi connectivity index (χ4v) is 2.16. The third-order valence-corrected chi connectivity index (χ3v) is 2.93. The fourth-order valence-electron chi connectivity index (χ4n) is 2.16. The lowest BCUT2D eigenvalue weighted by atomic mass is 10.1. The molecule has 0 bridgehead atoms. The summed E-state index contributed by atoms with van der Waals surface area (Å²) in [5.41, 5.74) is 8.49. The molecule has 1 aromatic heterocycles. The van der Waals surface area contributed by atoms with E-state index in [1.54, 1.807) is 4.57 Å². The zero-order chi connectivity index (χ0) is 11.7. The maximum atomic E-state index is 12.0. The van der Waals surface area contributed by atoms with Crippen LogP contribution in [0.4, 0.5) is 0 Å².